The van der Waals surface area contributed by atoms with Crippen LogP contribution in [0, 0.1) is 0 Å². The van der Waals surface area contributed by atoms with Crippen molar-refractivity contribution in [1.29, 1.82) is 0 Å². The molecular weight excluding hydrogens is 322 g/mol. The Morgan fingerprint density at radius 3 is 2.52 bits per heavy atom. The number of furan rings is 1. The molecule has 1 aromatic carbocycles. The van der Waals surface area contributed by atoms with Gasteiger partial charge in [-0.2, -0.15) is 5.10 Å². The third-order valence-electron chi connectivity index (χ3n) is 2.87. The van der Waals surface area contributed by atoms with Crippen LogP contribution in [0.25, 0.3) is 11.3 Å². The van der Waals surface area contributed by atoms with E-state index in [0.717, 1.165) is 4.79 Å². The molecule has 23 heavy (non-hydrogen) atoms. The number of nitrogens with two attached hydrogens (primary N) is 2. The van der Waals surface area contributed by atoms with Gasteiger partial charge in [0.05, 0.1) is 11.1 Å². The molecule has 11 heteroatoms. The van der Waals surface area contributed by atoms with E-state index in [0.29, 0.717) is 17.1 Å². The summed E-state index contributed by atoms with van der Waals surface area (Å²) < 4.78 is 28.0. The standard InChI is InChI=1S/C12H11N7O3S/c13-12-16-17-18-19(12)15-7-9-3-6-11(22-9)8-1-4-10(5-2-8)23(14,20)21/h1-7H,(H2,13,16,18)(H2,14,20,21)/b15-7-. The molecule has 0 unspecified atom stereocenters. The van der Waals surface area contributed by atoms with Crippen molar-refractivity contribution in [3.63, 3.8) is 0 Å². The van der Waals surface area contributed by atoms with Crippen LogP contribution >= 0.6 is 0 Å². The minimum absolute atomic E-state index is 0.0312. The fraction of sp³-hybridized carbons (Fsp3) is 0. The molecule has 0 atom stereocenters. The van der Waals surface area contributed by atoms with Crippen LogP contribution in [0.1, 0.15) is 5.76 Å². The predicted octanol–water partition coefficient (Wildman–Crippen LogP) is 0.0449. The van der Waals surface area contributed by atoms with Crippen molar-refractivity contribution < 1.29 is 12.8 Å². The fourth-order valence-corrected chi connectivity index (χ4v) is 2.29. The second-order valence-electron chi connectivity index (χ2n) is 4.44. The predicted molar refractivity (Wildman–Crippen MR) is 80.7 cm³/mol. The molecule has 0 aliphatic carbocycles. The van der Waals surface area contributed by atoms with Crippen molar-refractivity contribution >= 4 is 22.2 Å². The average Bonchev–Trinajstić information content (AvgIpc) is 3.13. The van der Waals surface area contributed by atoms with Crippen molar-refractivity contribution in [2.45, 2.75) is 4.90 Å². The number of hydrogen-bond acceptors (Lipinski definition) is 8. The molecular formula is C12H11N7O3S. The quantitative estimate of drug-likeness (QED) is 0.639. The van der Waals surface area contributed by atoms with Crippen molar-refractivity contribution in [1.82, 2.24) is 20.3 Å². The molecule has 10 nitrogen and oxygen atoms in total. The molecule has 118 valence electrons. The Hall–Kier alpha value is -3.05. The smallest absolute Gasteiger partial charge is 0.263 e. The molecule has 0 spiro atoms. The van der Waals surface area contributed by atoms with E-state index in [9.17, 15) is 8.42 Å². The maximum absolute atomic E-state index is 11.2. The first kappa shape index (κ1) is 14.9. The lowest BCUT2D eigenvalue weighted by Crippen LogP contribution is -2.11. The highest BCUT2D eigenvalue weighted by Gasteiger charge is 2.09. The summed E-state index contributed by atoms with van der Waals surface area (Å²) in [6, 6.07) is 9.41. The van der Waals surface area contributed by atoms with Crippen molar-refractivity contribution in [2.75, 3.05) is 5.73 Å². The van der Waals surface area contributed by atoms with Gasteiger partial charge in [-0.05, 0) is 46.8 Å². The molecule has 2 heterocycles. The van der Waals surface area contributed by atoms with Gasteiger partial charge in [0, 0.05) is 5.56 Å². The van der Waals surface area contributed by atoms with Gasteiger partial charge in [0.1, 0.15) is 11.5 Å². The number of primary sulfonamides is 1. The first-order valence-corrected chi connectivity index (χ1v) is 7.79. The summed E-state index contributed by atoms with van der Waals surface area (Å²) in [5, 5.41) is 19.4. The molecule has 3 rings (SSSR count). The number of hydrogen-bond donors (Lipinski definition) is 2. The number of benzene rings is 1. The normalized spacial score (nSPS) is 12.0. The minimum atomic E-state index is -3.72. The maximum Gasteiger partial charge on any atom is 0.263 e. The fourth-order valence-electron chi connectivity index (χ4n) is 1.77. The minimum Gasteiger partial charge on any atom is -0.455 e. The molecule has 0 radical (unpaired) electrons. The van der Waals surface area contributed by atoms with E-state index in [1.807, 2.05) is 0 Å². The molecule has 0 amide bonds. The zero-order chi connectivity index (χ0) is 16.4. The van der Waals surface area contributed by atoms with Crippen LogP contribution in [-0.4, -0.2) is 34.9 Å². The number of nitrogen functional groups attached to an aromatic ring is 1. The van der Waals surface area contributed by atoms with Crippen LogP contribution in [-0.2, 0) is 10.0 Å². The van der Waals surface area contributed by atoms with E-state index in [-0.39, 0.29) is 10.8 Å². The van der Waals surface area contributed by atoms with E-state index in [2.05, 4.69) is 20.6 Å². The molecule has 0 saturated carbocycles. The number of tetrazole rings is 1. The zero-order valence-corrected chi connectivity index (χ0v) is 12.4. The Balaban J connectivity index is 1.82. The second kappa shape index (κ2) is 5.62. The Bertz CT molecular complexity index is 957. The third-order valence-corrected chi connectivity index (χ3v) is 3.79. The van der Waals surface area contributed by atoms with Gasteiger partial charge in [-0.25, -0.2) is 13.6 Å². The molecule has 0 bridgehead atoms. The Morgan fingerprint density at radius 2 is 1.91 bits per heavy atom. The van der Waals surface area contributed by atoms with Gasteiger partial charge in [0.15, 0.2) is 0 Å². The highest BCUT2D eigenvalue weighted by Crippen LogP contribution is 2.22. The van der Waals surface area contributed by atoms with Gasteiger partial charge >= 0.3 is 0 Å². The van der Waals surface area contributed by atoms with Crippen LogP contribution in [0.15, 0.2) is 50.8 Å². The Morgan fingerprint density at radius 1 is 1.17 bits per heavy atom. The summed E-state index contributed by atoms with van der Waals surface area (Å²) in [5.41, 5.74) is 6.17. The van der Waals surface area contributed by atoms with Crippen molar-refractivity contribution in [2.24, 2.45) is 10.2 Å². The molecule has 0 fully saturated rings. The first-order chi connectivity index (χ1) is 10.9. The summed E-state index contributed by atoms with van der Waals surface area (Å²) in [4.78, 5) is 1.08. The summed E-state index contributed by atoms with van der Waals surface area (Å²) in [6.07, 6.45) is 1.40. The summed E-state index contributed by atoms with van der Waals surface area (Å²) in [7, 11) is -3.72. The van der Waals surface area contributed by atoms with Crippen molar-refractivity contribution in [3.05, 3.63) is 42.2 Å². The van der Waals surface area contributed by atoms with Gasteiger partial charge in [0.2, 0.25) is 10.0 Å². The largest absolute Gasteiger partial charge is 0.455 e. The van der Waals surface area contributed by atoms with E-state index < -0.39 is 10.0 Å². The molecule has 3 aromatic rings. The van der Waals surface area contributed by atoms with E-state index in [1.165, 1.54) is 18.3 Å². The third kappa shape index (κ3) is 3.25. The number of rotatable bonds is 4. The topological polar surface area (TPSA) is 155 Å². The number of aromatic nitrogens is 4. The lowest BCUT2D eigenvalue weighted by Gasteiger charge is -2.00. The van der Waals surface area contributed by atoms with Crippen LogP contribution in [0.2, 0.25) is 0 Å². The zero-order valence-electron chi connectivity index (χ0n) is 11.6. The van der Waals surface area contributed by atoms with Gasteiger partial charge in [-0.15, -0.1) is 0 Å². The number of nitrogens with zero attached hydrogens (tertiary/aromatic N) is 5. The van der Waals surface area contributed by atoms with E-state index in [1.54, 1.807) is 24.3 Å². The Kier molecular flexibility index (Phi) is 3.64. The molecule has 0 aliphatic heterocycles. The highest BCUT2D eigenvalue weighted by molar-refractivity contribution is 7.89. The summed E-state index contributed by atoms with van der Waals surface area (Å²) in [6.45, 7) is 0. The van der Waals surface area contributed by atoms with Crippen LogP contribution in [0.5, 0.6) is 0 Å². The molecule has 0 aliphatic rings. The van der Waals surface area contributed by atoms with Gasteiger partial charge < -0.3 is 10.2 Å². The molecule has 4 N–H and O–H groups in total. The van der Waals surface area contributed by atoms with Gasteiger partial charge in [-0.3, -0.25) is 0 Å². The number of anilines is 1. The Labute approximate surface area is 130 Å². The lowest BCUT2D eigenvalue weighted by atomic mass is 10.2. The molecule has 0 saturated heterocycles. The van der Waals surface area contributed by atoms with Gasteiger partial charge in [-0.1, -0.05) is 9.89 Å². The van der Waals surface area contributed by atoms with Crippen LogP contribution in [0.4, 0.5) is 5.95 Å². The average molecular weight is 333 g/mol. The van der Waals surface area contributed by atoms with E-state index in [4.69, 9.17) is 15.3 Å². The van der Waals surface area contributed by atoms with Gasteiger partial charge in [0.25, 0.3) is 5.95 Å². The SMILES string of the molecule is Nc1nnnn1/N=C\c1ccc(-c2ccc(S(N)(=O)=O)cc2)o1. The van der Waals surface area contributed by atoms with E-state index >= 15 is 0 Å². The first-order valence-electron chi connectivity index (χ1n) is 6.25. The highest BCUT2D eigenvalue weighted by atomic mass is 32.2. The van der Waals surface area contributed by atoms with Crippen molar-refractivity contribution in [3.8, 4) is 11.3 Å². The maximum atomic E-state index is 11.2. The number of sulfonamides is 1. The van der Waals surface area contributed by atoms with Crippen LogP contribution < -0.4 is 10.9 Å². The van der Waals surface area contributed by atoms with Crippen LogP contribution in [0.3, 0.4) is 0 Å². The molecule has 2 aromatic heterocycles. The lowest BCUT2D eigenvalue weighted by molar-refractivity contribution is 0.572. The summed E-state index contributed by atoms with van der Waals surface area (Å²) >= 11 is 0. The second-order valence-corrected chi connectivity index (χ2v) is 6.00. The monoisotopic (exact) mass is 333 g/mol. The summed E-state index contributed by atoms with van der Waals surface area (Å²) in [5.74, 6) is 1.04.